The maximum Gasteiger partial charge on any atom is 0.139 e. The van der Waals surface area contributed by atoms with Crippen molar-refractivity contribution in [3.8, 4) is 5.75 Å². The van der Waals surface area contributed by atoms with E-state index in [0.29, 0.717) is 0 Å². The summed E-state index contributed by atoms with van der Waals surface area (Å²) in [5.74, 6) is -1.20. The van der Waals surface area contributed by atoms with Crippen molar-refractivity contribution in [1.82, 2.24) is 0 Å². The Hall–Kier alpha value is -1.46. The number of nitrogens with two attached hydrogens (primary N) is 1. The molecule has 0 fully saturated rings. The predicted octanol–water partition coefficient (Wildman–Crippen LogP) is 3.49. The van der Waals surface area contributed by atoms with Crippen LogP contribution in [0, 0.1) is 11.6 Å². The van der Waals surface area contributed by atoms with Crippen molar-refractivity contribution in [3.05, 3.63) is 52.2 Å². The Bertz CT molecular complexity index is 493. The van der Waals surface area contributed by atoms with Gasteiger partial charge in [-0.2, -0.15) is 11.3 Å². The van der Waals surface area contributed by atoms with Crippen LogP contribution in [0.1, 0.15) is 18.6 Å². The topological polar surface area (TPSA) is 35.2 Å². The lowest BCUT2D eigenvalue weighted by molar-refractivity contribution is 0.179. The van der Waals surface area contributed by atoms with Crippen LogP contribution in [0.4, 0.5) is 8.78 Å². The van der Waals surface area contributed by atoms with Crippen LogP contribution in [0.25, 0.3) is 0 Å². The molecule has 0 bridgehead atoms. The standard InChI is InChI=1S/C13H13F2NOS/c1-8(16)13(9-2-3-18-7-9)17-12-5-10(14)4-11(15)6-12/h2-8,13H,16H2,1H3. The number of benzene rings is 1. The minimum atomic E-state index is -0.668. The highest BCUT2D eigenvalue weighted by Crippen LogP contribution is 2.26. The second-order valence-corrected chi connectivity index (χ2v) is 4.84. The van der Waals surface area contributed by atoms with Crippen LogP contribution in [-0.2, 0) is 0 Å². The Morgan fingerprint density at radius 1 is 1.22 bits per heavy atom. The zero-order valence-corrected chi connectivity index (χ0v) is 10.6. The van der Waals surface area contributed by atoms with Gasteiger partial charge in [0, 0.05) is 29.8 Å². The zero-order valence-electron chi connectivity index (χ0n) is 9.77. The van der Waals surface area contributed by atoms with Crippen molar-refractivity contribution in [2.45, 2.75) is 19.1 Å². The van der Waals surface area contributed by atoms with Gasteiger partial charge in [-0.25, -0.2) is 8.78 Å². The number of ether oxygens (including phenoxy) is 1. The van der Waals surface area contributed by atoms with Crippen LogP contribution in [0.5, 0.6) is 5.75 Å². The van der Waals surface area contributed by atoms with E-state index < -0.39 is 17.7 Å². The van der Waals surface area contributed by atoms with Crippen molar-refractivity contribution >= 4 is 11.3 Å². The molecule has 2 rings (SSSR count). The maximum atomic E-state index is 13.1. The first-order chi connectivity index (χ1) is 8.56. The molecule has 0 aliphatic carbocycles. The molecule has 0 saturated carbocycles. The van der Waals surface area contributed by atoms with Gasteiger partial charge in [-0.1, -0.05) is 0 Å². The lowest BCUT2D eigenvalue weighted by atomic mass is 10.1. The quantitative estimate of drug-likeness (QED) is 0.922. The summed E-state index contributed by atoms with van der Waals surface area (Å²) in [7, 11) is 0. The predicted molar refractivity (Wildman–Crippen MR) is 67.7 cm³/mol. The first kappa shape index (κ1) is 13.0. The number of hydrogen-bond acceptors (Lipinski definition) is 3. The van der Waals surface area contributed by atoms with Gasteiger partial charge in [-0.05, 0) is 23.8 Å². The molecule has 0 aliphatic heterocycles. The molecule has 0 amide bonds. The van der Waals surface area contributed by atoms with Crippen LogP contribution >= 0.6 is 11.3 Å². The third kappa shape index (κ3) is 3.05. The first-order valence-electron chi connectivity index (χ1n) is 5.46. The minimum Gasteiger partial charge on any atom is -0.484 e. The molecule has 2 aromatic rings. The summed E-state index contributed by atoms with van der Waals surface area (Å²) in [4.78, 5) is 0. The Labute approximate surface area is 108 Å². The van der Waals surface area contributed by atoms with E-state index in [1.165, 1.54) is 11.3 Å². The monoisotopic (exact) mass is 269 g/mol. The molecule has 18 heavy (non-hydrogen) atoms. The third-order valence-electron chi connectivity index (χ3n) is 2.45. The average molecular weight is 269 g/mol. The molecule has 0 spiro atoms. The molecule has 0 radical (unpaired) electrons. The molecule has 2 atom stereocenters. The lowest BCUT2D eigenvalue weighted by Crippen LogP contribution is -2.28. The van der Waals surface area contributed by atoms with Crippen molar-refractivity contribution < 1.29 is 13.5 Å². The molecule has 5 heteroatoms. The average Bonchev–Trinajstić information content (AvgIpc) is 2.77. The summed E-state index contributed by atoms with van der Waals surface area (Å²) >= 11 is 1.52. The van der Waals surface area contributed by atoms with E-state index in [9.17, 15) is 8.78 Å². The highest BCUT2D eigenvalue weighted by atomic mass is 32.1. The summed E-state index contributed by atoms with van der Waals surface area (Å²) in [5.41, 5.74) is 6.75. The number of hydrogen-bond donors (Lipinski definition) is 1. The largest absolute Gasteiger partial charge is 0.484 e. The van der Waals surface area contributed by atoms with Crippen LogP contribution in [0.3, 0.4) is 0 Å². The van der Waals surface area contributed by atoms with Crippen molar-refractivity contribution in [3.63, 3.8) is 0 Å². The molecule has 2 N–H and O–H groups in total. The second-order valence-electron chi connectivity index (χ2n) is 4.06. The lowest BCUT2D eigenvalue weighted by Gasteiger charge is -2.21. The summed E-state index contributed by atoms with van der Waals surface area (Å²) < 4.78 is 31.7. The van der Waals surface area contributed by atoms with E-state index in [1.54, 1.807) is 6.92 Å². The molecule has 1 heterocycles. The summed E-state index contributed by atoms with van der Waals surface area (Å²) in [6.45, 7) is 1.79. The van der Waals surface area contributed by atoms with Gasteiger partial charge in [-0.3, -0.25) is 0 Å². The molecule has 2 nitrogen and oxygen atoms in total. The zero-order chi connectivity index (χ0) is 13.1. The molecule has 0 aliphatic rings. The summed E-state index contributed by atoms with van der Waals surface area (Å²) in [6.07, 6.45) is -0.419. The molecule has 1 aromatic heterocycles. The normalized spacial score (nSPS) is 14.2. The molecular formula is C13H13F2NOS. The molecule has 96 valence electrons. The van der Waals surface area contributed by atoms with Gasteiger partial charge in [0.15, 0.2) is 0 Å². The Morgan fingerprint density at radius 3 is 2.39 bits per heavy atom. The smallest absolute Gasteiger partial charge is 0.139 e. The summed E-state index contributed by atoms with van der Waals surface area (Å²) in [5, 5.41) is 3.81. The molecule has 0 saturated heterocycles. The third-order valence-corrected chi connectivity index (χ3v) is 3.15. The highest BCUT2D eigenvalue weighted by molar-refractivity contribution is 7.07. The Balaban J connectivity index is 2.24. The summed E-state index contributed by atoms with van der Waals surface area (Å²) in [6, 6.07) is 4.69. The minimum absolute atomic E-state index is 0.140. The van der Waals surface area contributed by atoms with Gasteiger partial charge in [0.2, 0.25) is 0 Å². The fourth-order valence-corrected chi connectivity index (χ4v) is 2.34. The van der Waals surface area contributed by atoms with Crippen molar-refractivity contribution in [2.24, 2.45) is 5.73 Å². The van der Waals surface area contributed by atoms with Gasteiger partial charge in [0.1, 0.15) is 23.5 Å². The first-order valence-corrected chi connectivity index (χ1v) is 6.41. The molecule has 1 aromatic carbocycles. The van der Waals surface area contributed by atoms with Crippen LogP contribution in [-0.4, -0.2) is 6.04 Å². The van der Waals surface area contributed by atoms with E-state index in [-0.39, 0.29) is 11.8 Å². The number of halogens is 2. The van der Waals surface area contributed by atoms with Gasteiger partial charge >= 0.3 is 0 Å². The van der Waals surface area contributed by atoms with E-state index in [2.05, 4.69) is 0 Å². The van der Waals surface area contributed by atoms with Crippen LogP contribution in [0.15, 0.2) is 35.0 Å². The van der Waals surface area contributed by atoms with Gasteiger partial charge in [-0.15, -0.1) is 0 Å². The van der Waals surface area contributed by atoms with E-state index >= 15 is 0 Å². The number of rotatable bonds is 4. The van der Waals surface area contributed by atoms with Crippen LogP contribution < -0.4 is 10.5 Å². The fourth-order valence-electron chi connectivity index (χ4n) is 1.66. The van der Waals surface area contributed by atoms with Gasteiger partial charge in [0.25, 0.3) is 0 Å². The Kier molecular flexibility index (Phi) is 3.93. The van der Waals surface area contributed by atoms with E-state index in [4.69, 9.17) is 10.5 Å². The van der Waals surface area contributed by atoms with Gasteiger partial charge in [0.05, 0.1) is 0 Å². The maximum absolute atomic E-state index is 13.1. The Morgan fingerprint density at radius 2 is 1.89 bits per heavy atom. The SMILES string of the molecule is CC(N)C(Oc1cc(F)cc(F)c1)c1ccsc1. The second kappa shape index (κ2) is 5.46. The van der Waals surface area contributed by atoms with Crippen LogP contribution in [0.2, 0.25) is 0 Å². The van der Waals surface area contributed by atoms with E-state index in [0.717, 1.165) is 23.8 Å². The fraction of sp³-hybridized carbons (Fsp3) is 0.231. The van der Waals surface area contributed by atoms with Crippen molar-refractivity contribution in [1.29, 1.82) is 0 Å². The molecule has 2 unspecified atom stereocenters. The number of thiophene rings is 1. The molecular weight excluding hydrogens is 256 g/mol. The van der Waals surface area contributed by atoms with Gasteiger partial charge < -0.3 is 10.5 Å². The highest BCUT2D eigenvalue weighted by Gasteiger charge is 2.19. The van der Waals surface area contributed by atoms with E-state index in [1.807, 2.05) is 16.8 Å². The van der Waals surface area contributed by atoms with Crippen molar-refractivity contribution in [2.75, 3.05) is 0 Å².